The van der Waals surface area contributed by atoms with Crippen molar-refractivity contribution in [3.63, 3.8) is 0 Å². The van der Waals surface area contributed by atoms with Crippen LogP contribution < -0.4 is 9.08 Å². The highest BCUT2D eigenvalue weighted by Crippen LogP contribution is 2.61. The number of ether oxygens (including phenoxy) is 1. The molecule has 10 heteroatoms. The molecule has 4 aromatic rings. The van der Waals surface area contributed by atoms with E-state index in [9.17, 15) is 27.6 Å². The smallest absolute Gasteiger partial charge is 0.339 e. The number of rotatable bonds is 9. The van der Waals surface area contributed by atoms with Crippen molar-refractivity contribution in [2.45, 2.75) is 30.6 Å². The quantitative estimate of drug-likeness (QED) is 0.0975. The zero-order valence-corrected chi connectivity index (χ0v) is 26.3. The largest absolute Gasteiger partial charge is 0.454 e. The second kappa shape index (κ2) is 11.9. The van der Waals surface area contributed by atoms with Crippen LogP contribution in [0.2, 0.25) is 0 Å². The molecule has 7 rings (SSSR count). The number of fused-ring (bicyclic) bond motifs is 5. The van der Waals surface area contributed by atoms with Gasteiger partial charge in [0.1, 0.15) is 10.6 Å². The average molecular weight is 650 g/mol. The Labute approximate surface area is 272 Å². The first-order valence-corrected chi connectivity index (χ1v) is 16.9. The molecule has 1 heterocycles. The van der Waals surface area contributed by atoms with Crippen LogP contribution in [0.5, 0.6) is 5.75 Å². The van der Waals surface area contributed by atoms with Crippen LogP contribution in [0, 0.1) is 30.6 Å². The third kappa shape index (κ3) is 5.63. The topological polar surface area (TPSA) is 124 Å². The summed E-state index contributed by atoms with van der Waals surface area (Å²) in [6, 6.07) is 28.0. The summed E-state index contributed by atoms with van der Waals surface area (Å²) in [4.78, 5) is 54.2. The van der Waals surface area contributed by atoms with E-state index >= 15 is 0 Å². The summed E-state index contributed by atoms with van der Waals surface area (Å²) in [5.41, 5.74) is 2.70. The number of amides is 2. The molecular formula is C37H31NO8S. The number of Topliss-reactive ketones (excluding diaryl/α,β-unsaturated/α-hetero) is 1. The molecule has 238 valence electrons. The van der Waals surface area contributed by atoms with Gasteiger partial charge in [0.2, 0.25) is 11.8 Å². The summed E-state index contributed by atoms with van der Waals surface area (Å²) in [7, 11) is -4.05. The van der Waals surface area contributed by atoms with E-state index in [1.165, 1.54) is 59.0 Å². The second-order valence-corrected chi connectivity index (χ2v) is 13.9. The molecule has 2 saturated carbocycles. The van der Waals surface area contributed by atoms with Crippen molar-refractivity contribution in [1.29, 1.82) is 0 Å². The SMILES string of the molecule is Cc1ccc(S(=O)(=O)Oc2ccc(C(=O)COC(=O)c3cccc(N4C(=O)[C@H]5[C@H]6C[C@@H]([C@@H]5C4=O)[C@@H](c4ccccc4)C6)c3)cc2)cc1. The van der Waals surface area contributed by atoms with Gasteiger partial charge in [-0.1, -0.05) is 54.1 Å². The Morgan fingerprint density at radius 2 is 1.49 bits per heavy atom. The lowest BCUT2D eigenvalue weighted by molar-refractivity contribution is -0.123. The number of hydrogen-bond acceptors (Lipinski definition) is 8. The first kappa shape index (κ1) is 30.6. The molecule has 3 aliphatic rings. The van der Waals surface area contributed by atoms with Gasteiger partial charge in [0.15, 0.2) is 12.4 Å². The molecule has 2 bridgehead atoms. The van der Waals surface area contributed by atoms with Crippen molar-refractivity contribution in [3.8, 4) is 5.75 Å². The zero-order chi connectivity index (χ0) is 32.9. The van der Waals surface area contributed by atoms with Gasteiger partial charge in [-0.05, 0) is 97.7 Å². The fraction of sp³-hybridized carbons (Fsp3) is 0.243. The second-order valence-electron chi connectivity index (χ2n) is 12.4. The number of imide groups is 1. The summed E-state index contributed by atoms with van der Waals surface area (Å²) in [5.74, 6) is -1.95. The van der Waals surface area contributed by atoms with E-state index in [0.717, 1.165) is 18.4 Å². The minimum Gasteiger partial charge on any atom is -0.454 e. The minimum atomic E-state index is -4.05. The highest BCUT2D eigenvalue weighted by molar-refractivity contribution is 7.87. The van der Waals surface area contributed by atoms with Crippen molar-refractivity contribution in [2.24, 2.45) is 23.7 Å². The molecule has 47 heavy (non-hydrogen) atoms. The number of carbonyl (C=O) groups is 4. The lowest BCUT2D eigenvalue weighted by Gasteiger charge is -2.28. The standard InChI is InChI=1S/C37H31NO8S/c1-22-10-16-29(17-11-22)47(43,44)46-28-14-12-24(13-15-28)32(39)21-45-37(42)25-8-5-9-27(18-25)38-35(40)33-26-19-30(23-6-3-2-4-7-23)31(20-26)34(33)36(38)41/h2-18,26,30-31,33-34H,19-21H2,1H3/t26-,30-,31-,33+,34+/m1/s1. The van der Waals surface area contributed by atoms with E-state index in [4.69, 9.17) is 8.92 Å². The number of anilines is 1. The van der Waals surface area contributed by atoms with Crippen LogP contribution in [-0.4, -0.2) is 38.6 Å². The van der Waals surface area contributed by atoms with Gasteiger partial charge in [-0.3, -0.25) is 19.3 Å². The van der Waals surface area contributed by atoms with E-state index < -0.39 is 28.5 Å². The monoisotopic (exact) mass is 649 g/mol. The molecule has 5 atom stereocenters. The maximum Gasteiger partial charge on any atom is 0.339 e. The molecule has 1 saturated heterocycles. The minimum absolute atomic E-state index is 0.00404. The Morgan fingerprint density at radius 3 is 2.21 bits per heavy atom. The van der Waals surface area contributed by atoms with Crippen molar-refractivity contribution in [2.75, 3.05) is 11.5 Å². The lowest BCUT2D eigenvalue weighted by Crippen LogP contribution is -2.33. The molecule has 0 spiro atoms. The number of esters is 1. The predicted octanol–water partition coefficient (Wildman–Crippen LogP) is 5.73. The van der Waals surface area contributed by atoms with E-state index in [2.05, 4.69) is 12.1 Å². The van der Waals surface area contributed by atoms with E-state index in [0.29, 0.717) is 5.69 Å². The van der Waals surface area contributed by atoms with Gasteiger partial charge < -0.3 is 8.92 Å². The number of nitrogens with zero attached hydrogens (tertiary/aromatic N) is 1. The van der Waals surface area contributed by atoms with Crippen LogP contribution in [0.4, 0.5) is 5.69 Å². The maximum atomic E-state index is 13.7. The van der Waals surface area contributed by atoms with Gasteiger partial charge in [-0.25, -0.2) is 4.79 Å². The van der Waals surface area contributed by atoms with E-state index in [1.54, 1.807) is 24.3 Å². The zero-order valence-electron chi connectivity index (χ0n) is 25.4. The fourth-order valence-corrected chi connectivity index (χ4v) is 8.37. The highest BCUT2D eigenvalue weighted by atomic mass is 32.2. The van der Waals surface area contributed by atoms with E-state index in [1.807, 2.05) is 25.1 Å². The molecule has 9 nitrogen and oxygen atoms in total. The first-order chi connectivity index (χ1) is 22.6. The number of hydrogen-bond donors (Lipinski definition) is 0. The molecule has 0 radical (unpaired) electrons. The molecule has 0 aromatic heterocycles. The molecule has 2 aliphatic carbocycles. The Hall–Kier alpha value is -5.09. The van der Waals surface area contributed by atoms with Gasteiger partial charge in [0.25, 0.3) is 0 Å². The van der Waals surface area contributed by atoms with Crippen LogP contribution >= 0.6 is 0 Å². The third-order valence-electron chi connectivity index (χ3n) is 9.61. The van der Waals surface area contributed by atoms with Crippen molar-refractivity contribution in [1.82, 2.24) is 0 Å². The molecule has 1 aliphatic heterocycles. The summed E-state index contributed by atoms with van der Waals surface area (Å²) in [5, 5.41) is 0. The molecule has 4 aromatic carbocycles. The van der Waals surface area contributed by atoms with Crippen LogP contribution in [0.25, 0.3) is 0 Å². The Kier molecular flexibility index (Phi) is 7.76. The van der Waals surface area contributed by atoms with Crippen molar-refractivity contribution >= 4 is 39.4 Å². The van der Waals surface area contributed by atoms with Crippen LogP contribution in [0.1, 0.15) is 50.6 Å². The Morgan fingerprint density at radius 1 is 0.787 bits per heavy atom. The van der Waals surface area contributed by atoms with Crippen LogP contribution in [0.3, 0.4) is 0 Å². The lowest BCUT2D eigenvalue weighted by atomic mass is 9.73. The molecule has 3 fully saturated rings. The summed E-state index contributed by atoms with van der Waals surface area (Å²) >= 11 is 0. The van der Waals surface area contributed by atoms with Gasteiger partial charge in [-0.2, -0.15) is 8.42 Å². The fourth-order valence-electron chi connectivity index (χ4n) is 7.44. The summed E-state index contributed by atoms with van der Waals surface area (Å²) in [6.45, 7) is 1.27. The number of carbonyl (C=O) groups excluding carboxylic acids is 4. The first-order valence-electron chi connectivity index (χ1n) is 15.4. The molecule has 0 N–H and O–H groups in total. The highest BCUT2D eigenvalue weighted by Gasteiger charge is 2.64. The van der Waals surface area contributed by atoms with E-state index in [-0.39, 0.29) is 63.2 Å². The van der Waals surface area contributed by atoms with Gasteiger partial charge in [0.05, 0.1) is 23.1 Å². The van der Waals surface area contributed by atoms with Crippen LogP contribution in [0.15, 0.2) is 108 Å². The Bertz CT molecular complexity index is 1990. The normalized spacial score (nSPS) is 23.1. The summed E-state index contributed by atoms with van der Waals surface area (Å²) in [6.07, 6.45) is 1.74. The van der Waals surface area contributed by atoms with Gasteiger partial charge >= 0.3 is 16.1 Å². The third-order valence-corrected chi connectivity index (χ3v) is 10.9. The Balaban J connectivity index is 0.985. The number of aryl methyl sites for hydroxylation is 1. The maximum absolute atomic E-state index is 13.7. The molecule has 0 unspecified atom stereocenters. The van der Waals surface area contributed by atoms with Crippen LogP contribution in [-0.2, 0) is 24.4 Å². The molecule has 2 amide bonds. The summed E-state index contributed by atoms with van der Waals surface area (Å²) < 4.78 is 35.5. The van der Waals surface area contributed by atoms with Crippen molar-refractivity contribution in [3.05, 3.63) is 125 Å². The van der Waals surface area contributed by atoms with Gasteiger partial charge in [-0.15, -0.1) is 0 Å². The predicted molar refractivity (Wildman–Crippen MR) is 171 cm³/mol. The number of benzene rings is 4. The average Bonchev–Trinajstić information content (AvgIpc) is 3.75. The number of ketones is 1. The van der Waals surface area contributed by atoms with Gasteiger partial charge in [0, 0.05) is 5.56 Å². The van der Waals surface area contributed by atoms with Crippen molar-refractivity contribution < 1.29 is 36.5 Å². The molecular weight excluding hydrogens is 618 g/mol.